The predicted molar refractivity (Wildman–Crippen MR) is 73.9 cm³/mol. The number of para-hydroxylation sites is 1. The maximum atomic E-state index is 12.6. The normalized spacial score (nSPS) is 18.6. The van der Waals surface area contributed by atoms with Crippen LogP contribution in [-0.2, 0) is 4.79 Å². The second kappa shape index (κ2) is 6.41. The SMILES string of the molecule is CCOc1ccccc1C(=O)N1CCCCC1C(=O)O. The molecule has 5 nitrogen and oxygen atoms in total. The fourth-order valence-electron chi connectivity index (χ4n) is 2.51. The van der Waals surface area contributed by atoms with Gasteiger partial charge in [0.25, 0.3) is 5.91 Å². The van der Waals surface area contributed by atoms with E-state index in [-0.39, 0.29) is 5.91 Å². The minimum atomic E-state index is -0.938. The van der Waals surface area contributed by atoms with Crippen LogP contribution in [-0.4, -0.2) is 41.1 Å². The van der Waals surface area contributed by atoms with Gasteiger partial charge in [-0.2, -0.15) is 0 Å². The lowest BCUT2D eigenvalue weighted by atomic mass is 10.0. The van der Waals surface area contributed by atoms with Gasteiger partial charge in [0.05, 0.1) is 12.2 Å². The van der Waals surface area contributed by atoms with Crippen molar-refractivity contribution in [3.05, 3.63) is 29.8 Å². The molecule has 108 valence electrons. The van der Waals surface area contributed by atoms with E-state index < -0.39 is 12.0 Å². The van der Waals surface area contributed by atoms with Crippen molar-refractivity contribution in [1.29, 1.82) is 0 Å². The lowest BCUT2D eigenvalue weighted by Crippen LogP contribution is -2.48. The Balaban J connectivity index is 2.27. The van der Waals surface area contributed by atoms with Crippen molar-refractivity contribution in [1.82, 2.24) is 4.90 Å². The summed E-state index contributed by atoms with van der Waals surface area (Å²) in [6.45, 7) is 2.80. The van der Waals surface area contributed by atoms with Crippen LogP contribution in [0.5, 0.6) is 5.75 Å². The molecule has 1 aliphatic rings. The minimum Gasteiger partial charge on any atom is -0.493 e. The van der Waals surface area contributed by atoms with E-state index in [4.69, 9.17) is 4.74 Å². The lowest BCUT2D eigenvalue weighted by molar-refractivity contribution is -0.143. The van der Waals surface area contributed by atoms with Gasteiger partial charge in [-0.05, 0) is 38.3 Å². The highest BCUT2D eigenvalue weighted by atomic mass is 16.5. The minimum absolute atomic E-state index is 0.263. The number of rotatable bonds is 4. The molecular weight excluding hydrogens is 258 g/mol. The van der Waals surface area contributed by atoms with Gasteiger partial charge < -0.3 is 14.7 Å². The van der Waals surface area contributed by atoms with Gasteiger partial charge >= 0.3 is 5.97 Å². The summed E-state index contributed by atoms with van der Waals surface area (Å²) in [4.78, 5) is 25.3. The van der Waals surface area contributed by atoms with Gasteiger partial charge in [-0.25, -0.2) is 4.79 Å². The Labute approximate surface area is 118 Å². The molecule has 0 aliphatic carbocycles. The first-order chi connectivity index (χ1) is 9.65. The molecule has 1 N–H and O–H groups in total. The van der Waals surface area contributed by atoms with Crippen LogP contribution in [0.1, 0.15) is 36.5 Å². The summed E-state index contributed by atoms with van der Waals surface area (Å²) in [5, 5.41) is 9.25. The van der Waals surface area contributed by atoms with Gasteiger partial charge in [0.15, 0.2) is 0 Å². The number of hydrogen-bond acceptors (Lipinski definition) is 3. The van der Waals surface area contributed by atoms with E-state index in [1.807, 2.05) is 6.92 Å². The maximum Gasteiger partial charge on any atom is 0.326 e. The van der Waals surface area contributed by atoms with Gasteiger partial charge in [-0.1, -0.05) is 12.1 Å². The van der Waals surface area contributed by atoms with Crippen LogP contribution in [0.4, 0.5) is 0 Å². The molecule has 1 heterocycles. The largest absolute Gasteiger partial charge is 0.493 e. The van der Waals surface area contributed by atoms with E-state index in [9.17, 15) is 14.7 Å². The van der Waals surface area contributed by atoms with Crippen LogP contribution in [0.2, 0.25) is 0 Å². The zero-order valence-electron chi connectivity index (χ0n) is 11.5. The quantitative estimate of drug-likeness (QED) is 0.916. The van der Waals surface area contributed by atoms with Crippen molar-refractivity contribution >= 4 is 11.9 Å². The third kappa shape index (κ3) is 2.92. The Morgan fingerprint density at radius 3 is 2.80 bits per heavy atom. The van der Waals surface area contributed by atoms with Crippen LogP contribution in [0.15, 0.2) is 24.3 Å². The average molecular weight is 277 g/mol. The van der Waals surface area contributed by atoms with Crippen molar-refractivity contribution in [3.8, 4) is 5.75 Å². The average Bonchev–Trinajstić information content (AvgIpc) is 2.47. The maximum absolute atomic E-state index is 12.6. The van der Waals surface area contributed by atoms with Gasteiger partial charge in [0.1, 0.15) is 11.8 Å². The number of carboxylic acid groups (broad SMARTS) is 1. The monoisotopic (exact) mass is 277 g/mol. The Morgan fingerprint density at radius 1 is 1.35 bits per heavy atom. The van der Waals surface area contributed by atoms with E-state index in [0.717, 1.165) is 12.8 Å². The zero-order chi connectivity index (χ0) is 14.5. The molecule has 0 bridgehead atoms. The standard InChI is InChI=1S/C15H19NO4/c1-2-20-13-9-4-3-7-11(13)14(17)16-10-6-5-8-12(16)15(18)19/h3-4,7,9,12H,2,5-6,8,10H2,1H3,(H,18,19). The molecule has 1 unspecified atom stereocenters. The van der Waals surface area contributed by atoms with Crippen LogP contribution < -0.4 is 4.74 Å². The Kier molecular flexibility index (Phi) is 4.61. The number of carboxylic acids is 1. The van der Waals surface area contributed by atoms with Crippen LogP contribution in [0.3, 0.4) is 0 Å². The second-order valence-electron chi connectivity index (χ2n) is 4.78. The lowest BCUT2D eigenvalue weighted by Gasteiger charge is -2.33. The smallest absolute Gasteiger partial charge is 0.326 e. The fraction of sp³-hybridized carbons (Fsp3) is 0.467. The van der Waals surface area contributed by atoms with Gasteiger partial charge in [-0.15, -0.1) is 0 Å². The van der Waals surface area contributed by atoms with E-state index >= 15 is 0 Å². The summed E-state index contributed by atoms with van der Waals surface area (Å²) in [6, 6.07) is 6.24. The summed E-state index contributed by atoms with van der Waals surface area (Å²) in [5.74, 6) is -0.692. The summed E-state index contributed by atoms with van der Waals surface area (Å²) in [5.41, 5.74) is 0.433. The van der Waals surface area contributed by atoms with Crippen molar-refractivity contribution in [3.63, 3.8) is 0 Å². The van der Waals surface area contributed by atoms with Crippen molar-refractivity contribution in [2.24, 2.45) is 0 Å². The number of benzene rings is 1. The molecule has 2 rings (SSSR count). The zero-order valence-corrected chi connectivity index (χ0v) is 11.5. The fourth-order valence-corrected chi connectivity index (χ4v) is 2.51. The molecule has 0 radical (unpaired) electrons. The Bertz CT molecular complexity index is 500. The molecule has 0 spiro atoms. The number of hydrogen-bond donors (Lipinski definition) is 1. The second-order valence-corrected chi connectivity index (χ2v) is 4.78. The molecular formula is C15H19NO4. The summed E-state index contributed by atoms with van der Waals surface area (Å²) in [7, 11) is 0. The molecule has 1 fully saturated rings. The third-order valence-corrected chi connectivity index (χ3v) is 3.47. The van der Waals surface area contributed by atoms with Gasteiger partial charge in [-0.3, -0.25) is 4.79 Å². The Hall–Kier alpha value is -2.04. The van der Waals surface area contributed by atoms with E-state index in [1.165, 1.54) is 4.90 Å². The first-order valence-corrected chi connectivity index (χ1v) is 6.90. The number of nitrogens with zero attached hydrogens (tertiary/aromatic N) is 1. The van der Waals surface area contributed by atoms with Crippen LogP contribution in [0.25, 0.3) is 0 Å². The number of amides is 1. The topological polar surface area (TPSA) is 66.8 Å². The highest BCUT2D eigenvalue weighted by Gasteiger charge is 2.33. The molecule has 20 heavy (non-hydrogen) atoms. The Morgan fingerprint density at radius 2 is 2.10 bits per heavy atom. The number of piperidine rings is 1. The number of ether oxygens (including phenoxy) is 1. The van der Waals surface area contributed by atoms with Crippen LogP contribution >= 0.6 is 0 Å². The molecule has 0 aromatic heterocycles. The third-order valence-electron chi connectivity index (χ3n) is 3.47. The number of aliphatic carboxylic acids is 1. The molecule has 1 atom stereocenters. The predicted octanol–water partition coefficient (Wildman–Crippen LogP) is 2.16. The van der Waals surface area contributed by atoms with Crippen molar-refractivity contribution < 1.29 is 19.4 Å². The molecule has 1 saturated heterocycles. The summed E-state index contributed by atoms with van der Waals surface area (Å²) in [6.07, 6.45) is 2.19. The van der Waals surface area contributed by atoms with Crippen molar-refractivity contribution in [2.45, 2.75) is 32.2 Å². The molecule has 1 aromatic rings. The summed E-state index contributed by atoms with van der Waals surface area (Å²) < 4.78 is 5.45. The van der Waals surface area contributed by atoms with Crippen LogP contribution in [0, 0.1) is 0 Å². The molecule has 0 saturated carbocycles. The highest BCUT2D eigenvalue weighted by molar-refractivity contribution is 5.99. The van der Waals surface area contributed by atoms with Gasteiger partial charge in [0, 0.05) is 6.54 Å². The first kappa shape index (κ1) is 14.4. The van der Waals surface area contributed by atoms with E-state index in [0.29, 0.717) is 30.9 Å². The number of carbonyl (C=O) groups is 2. The summed E-state index contributed by atoms with van der Waals surface area (Å²) >= 11 is 0. The molecule has 5 heteroatoms. The van der Waals surface area contributed by atoms with Crippen molar-refractivity contribution in [2.75, 3.05) is 13.2 Å². The van der Waals surface area contributed by atoms with Gasteiger partial charge in [0.2, 0.25) is 0 Å². The first-order valence-electron chi connectivity index (χ1n) is 6.90. The molecule has 1 aromatic carbocycles. The number of likely N-dealkylation sites (tertiary alicyclic amines) is 1. The van der Waals surface area contributed by atoms with E-state index in [2.05, 4.69) is 0 Å². The highest BCUT2D eigenvalue weighted by Crippen LogP contribution is 2.24. The number of carbonyl (C=O) groups excluding carboxylic acids is 1. The van der Waals surface area contributed by atoms with E-state index in [1.54, 1.807) is 24.3 Å². The molecule has 1 aliphatic heterocycles. The molecule has 1 amide bonds.